The molecule has 0 saturated heterocycles. The topological polar surface area (TPSA) is 131 Å². The van der Waals surface area contributed by atoms with E-state index in [4.69, 9.17) is 10.7 Å². The summed E-state index contributed by atoms with van der Waals surface area (Å²) in [5.41, 5.74) is 5.07. The Labute approximate surface area is 277 Å². The summed E-state index contributed by atoms with van der Waals surface area (Å²) < 4.78 is 40.5. The molecule has 256 valence electrons. The number of alkyl halides is 1. The number of halogens is 3. The molecule has 2 aliphatic rings. The van der Waals surface area contributed by atoms with E-state index in [1.54, 1.807) is 11.1 Å². The zero-order valence-electron chi connectivity index (χ0n) is 27.5. The van der Waals surface area contributed by atoms with Gasteiger partial charge in [-0.1, -0.05) is 51.1 Å². The Morgan fingerprint density at radius 2 is 1.69 bits per heavy atom. The first kappa shape index (κ1) is 36.1. The fourth-order valence-electron chi connectivity index (χ4n) is 5.95. The van der Waals surface area contributed by atoms with Crippen LogP contribution in [-0.2, 0) is 25.7 Å². The van der Waals surface area contributed by atoms with Crippen LogP contribution < -0.4 is 11.1 Å². The SMILES string of the molecule is CC(C)(C)C(c1nc(-c2cc(F)ccc2F)cn1Cc1ccccc1)N(CCCN)C(=O)CNC(=O)C1(N2C(=O)C=CC2=O)CC1.CF. The van der Waals surface area contributed by atoms with Crippen molar-refractivity contribution in [1.82, 2.24) is 24.7 Å². The van der Waals surface area contributed by atoms with Gasteiger partial charge in [-0.15, -0.1) is 0 Å². The molecular weight excluding hydrogens is 625 g/mol. The molecule has 1 atom stereocenters. The van der Waals surface area contributed by atoms with E-state index in [2.05, 4.69) is 5.32 Å². The van der Waals surface area contributed by atoms with Crippen molar-refractivity contribution in [3.8, 4) is 11.3 Å². The summed E-state index contributed by atoms with van der Waals surface area (Å²) in [6, 6.07) is 12.0. The van der Waals surface area contributed by atoms with Gasteiger partial charge in [-0.3, -0.25) is 28.5 Å². The molecule has 2 aromatic carbocycles. The highest BCUT2D eigenvalue weighted by molar-refractivity contribution is 6.16. The Morgan fingerprint density at radius 3 is 2.27 bits per heavy atom. The average Bonchev–Trinajstić information content (AvgIpc) is 3.65. The number of nitrogens with one attached hydrogen (secondary N) is 1. The van der Waals surface area contributed by atoms with Gasteiger partial charge in [-0.2, -0.15) is 0 Å². The number of benzene rings is 2. The van der Waals surface area contributed by atoms with Crippen molar-refractivity contribution in [2.75, 3.05) is 26.8 Å². The van der Waals surface area contributed by atoms with Gasteiger partial charge in [-0.05, 0) is 55.0 Å². The van der Waals surface area contributed by atoms with Crippen molar-refractivity contribution in [1.29, 1.82) is 0 Å². The Morgan fingerprint density at radius 1 is 1.04 bits per heavy atom. The van der Waals surface area contributed by atoms with Crippen LogP contribution in [0.5, 0.6) is 0 Å². The lowest BCUT2D eigenvalue weighted by atomic mass is 9.84. The minimum atomic E-state index is -1.31. The molecule has 3 aromatic rings. The van der Waals surface area contributed by atoms with E-state index in [0.29, 0.717) is 45.4 Å². The third kappa shape index (κ3) is 7.67. The largest absolute Gasteiger partial charge is 0.345 e. The van der Waals surface area contributed by atoms with E-state index in [1.165, 1.54) is 0 Å². The molecule has 1 saturated carbocycles. The maximum atomic E-state index is 15.0. The number of imide groups is 1. The standard InChI is InChI=1S/C34H38F2N6O4.CH3F/c1-33(2,3)30(31-39-26(24-18-23(35)10-11-25(24)36)21-40(31)20-22-8-5-4-6-9-22)41(17-7-16-37)29(45)19-38-32(46)34(14-15-34)42-27(43)12-13-28(42)44;1-2/h4-6,8-13,18,21,30H,7,14-17,19-20,37H2,1-3H3,(H,38,46);1H3. The van der Waals surface area contributed by atoms with Gasteiger partial charge in [0.25, 0.3) is 11.8 Å². The van der Waals surface area contributed by atoms with E-state index in [9.17, 15) is 32.3 Å². The van der Waals surface area contributed by atoms with Crippen LogP contribution in [0.1, 0.15) is 57.5 Å². The molecule has 4 amide bonds. The third-order valence-electron chi connectivity index (χ3n) is 8.29. The number of nitrogens with zero attached hydrogens (tertiary/aromatic N) is 4. The van der Waals surface area contributed by atoms with Gasteiger partial charge < -0.3 is 20.5 Å². The van der Waals surface area contributed by atoms with Crippen molar-refractivity contribution >= 4 is 23.6 Å². The maximum absolute atomic E-state index is 15.0. The number of amides is 4. The van der Waals surface area contributed by atoms with Gasteiger partial charge in [0.2, 0.25) is 11.8 Å². The Kier molecular flexibility index (Phi) is 11.2. The number of carbonyl (C=O) groups excluding carboxylic acids is 4. The van der Waals surface area contributed by atoms with Crippen LogP contribution in [-0.4, -0.2) is 75.3 Å². The maximum Gasteiger partial charge on any atom is 0.254 e. The second kappa shape index (κ2) is 15.0. The first-order valence-corrected chi connectivity index (χ1v) is 15.6. The number of rotatable bonds is 12. The van der Waals surface area contributed by atoms with E-state index >= 15 is 0 Å². The predicted molar refractivity (Wildman–Crippen MR) is 174 cm³/mol. The summed E-state index contributed by atoms with van der Waals surface area (Å²) in [5.74, 6) is -2.92. The molecule has 2 heterocycles. The van der Waals surface area contributed by atoms with Gasteiger partial charge >= 0.3 is 0 Å². The van der Waals surface area contributed by atoms with Crippen molar-refractivity contribution in [2.45, 2.75) is 58.2 Å². The zero-order chi connectivity index (χ0) is 35.2. The molecule has 1 fully saturated rings. The minimum Gasteiger partial charge on any atom is -0.345 e. The van der Waals surface area contributed by atoms with Gasteiger partial charge in [0.15, 0.2) is 0 Å². The van der Waals surface area contributed by atoms with Crippen molar-refractivity contribution < 1.29 is 32.3 Å². The van der Waals surface area contributed by atoms with Crippen LogP contribution >= 0.6 is 0 Å². The number of nitrogens with two attached hydrogens (primary N) is 1. The molecule has 1 unspecified atom stereocenters. The predicted octanol–water partition coefficient (Wildman–Crippen LogP) is 4.30. The molecule has 48 heavy (non-hydrogen) atoms. The Bertz CT molecular complexity index is 1660. The molecule has 0 radical (unpaired) electrons. The molecule has 13 heteroatoms. The second-order valence-corrected chi connectivity index (χ2v) is 12.8. The summed E-state index contributed by atoms with van der Waals surface area (Å²) in [6.07, 6.45) is 4.98. The van der Waals surface area contributed by atoms with Crippen molar-refractivity contribution in [3.05, 3.63) is 89.9 Å². The van der Waals surface area contributed by atoms with E-state index < -0.39 is 58.8 Å². The smallest absolute Gasteiger partial charge is 0.254 e. The second-order valence-electron chi connectivity index (χ2n) is 12.8. The highest BCUT2D eigenvalue weighted by Gasteiger charge is 2.59. The van der Waals surface area contributed by atoms with E-state index in [1.807, 2.05) is 55.7 Å². The first-order chi connectivity index (χ1) is 22.9. The lowest BCUT2D eigenvalue weighted by molar-refractivity contribution is -0.147. The molecule has 1 aromatic heterocycles. The number of hydrogen-bond donors (Lipinski definition) is 2. The minimum absolute atomic E-state index is 0.0111. The fourth-order valence-corrected chi connectivity index (χ4v) is 5.95. The number of aromatic nitrogens is 2. The molecule has 10 nitrogen and oxygen atoms in total. The summed E-state index contributed by atoms with van der Waals surface area (Å²) in [6.45, 7) is 6.30. The lowest BCUT2D eigenvalue weighted by Crippen LogP contribution is -2.54. The molecule has 0 spiro atoms. The number of carbonyl (C=O) groups is 4. The highest BCUT2D eigenvalue weighted by atomic mass is 19.1. The van der Waals surface area contributed by atoms with E-state index in [0.717, 1.165) is 40.8 Å². The van der Waals surface area contributed by atoms with Gasteiger partial charge in [0, 0.05) is 37.0 Å². The number of hydrogen-bond acceptors (Lipinski definition) is 6. The number of imidazole rings is 1. The normalized spacial score (nSPS) is 15.5. The van der Waals surface area contributed by atoms with E-state index in [-0.39, 0.29) is 17.8 Å². The quantitative estimate of drug-likeness (QED) is 0.278. The molecule has 1 aliphatic carbocycles. The van der Waals surface area contributed by atoms with Crippen LogP contribution in [0.15, 0.2) is 66.9 Å². The molecule has 5 rings (SSSR count). The van der Waals surface area contributed by atoms with Crippen LogP contribution in [0.4, 0.5) is 13.2 Å². The molecule has 3 N–H and O–H groups in total. The lowest BCUT2D eigenvalue weighted by Gasteiger charge is -2.40. The van der Waals surface area contributed by atoms with Gasteiger partial charge in [0.1, 0.15) is 23.0 Å². The van der Waals surface area contributed by atoms with Crippen molar-refractivity contribution in [3.63, 3.8) is 0 Å². The summed E-state index contributed by atoms with van der Waals surface area (Å²) >= 11 is 0. The zero-order valence-corrected chi connectivity index (χ0v) is 27.5. The van der Waals surface area contributed by atoms with Gasteiger partial charge in [-0.25, -0.2) is 13.8 Å². The summed E-state index contributed by atoms with van der Waals surface area (Å²) in [5, 5.41) is 2.66. The van der Waals surface area contributed by atoms with Crippen LogP contribution in [0.25, 0.3) is 11.3 Å². The van der Waals surface area contributed by atoms with Crippen LogP contribution in [0.2, 0.25) is 0 Å². The Balaban J connectivity index is 0.00000255. The van der Waals surface area contributed by atoms with Crippen molar-refractivity contribution in [2.24, 2.45) is 11.1 Å². The van der Waals surface area contributed by atoms with Gasteiger partial charge in [0.05, 0.1) is 25.5 Å². The van der Waals surface area contributed by atoms with Crippen LogP contribution in [0.3, 0.4) is 0 Å². The fraction of sp³-hybridized carbons (Fsp3) is 0.400. The van der Waals surface area contributed by atoms with Crippen LogP contribution in [0, 0.1) is 17.0 Å². The summed E-state index contributed by atoms with van der Waals surface area (Å²) in [4.78, 5) is 59.3. The first-order valence-electron chi connectivity index (χ1n) is 15.6. The third-order valence-corrected chi connectivity index (χ3v) is 8.29. The molecular formula is C35H41F3N6O4. The molecule has 0 bridgehead atoms. The highest BCUT2D eigenvalue weighted by Crippen LogP contribution is 2.44. The monoisotopic (exact) mass is 666 g/mol. The molecule has 1 aliphatic heterocycles. The average molecular weight is 667 g/mol. The summed E-state index contributed by atoms with van der Waals surface area (Å²) in [7, 11) is 0.500. The Hall–Kier alpha value is -4.78.